The Labute approximate surface area is 81.8 Å². The van der Waals surface area contributed by atoms with E-state index in [2.05, 4.69) is 22.8 Å². The Kier molecular flexibility index (Phi) is 5.87. The van der Waals surface area contributed by atoms with Crippen molar-refractivity contribution >= 4 is 0 Å². The van der Waals surface area contributed by atoms with Gasteiger partial charge in [0.2, 0.25) is 0 Å². The normalized spacial score (nSPS) is 23.9. The van der Waals surface area contributed by atoms with Gasteiger partial charge in [0.05, 0.1) is 0 Å². The Bertz CT molecular complexity index is 137. The van der Waals surface area contributed by atoms with E-state index in [1.54, 1.807) is 0 Å². The van der Waals surface area contributed by atoms with E-state index in [9.17, 15) is 0 Å². The predicted molar refractivity (Wildman–Crippen MR) is 57.9 cm³/mol. The molecule has 1 saturated heterocycles. The highest BCUT2D eigenvalue weighted by atomic mass is 14.9. The molecule has 1 fully saturated rings. The molecule has 0 aromatic carbocycles. The lowest BCUT2D eigenvalue weighted by molar-refractivity contribution is 0.403. The van der Waals surface area contributed by atoms with Gasteiger partial charge in [0.15, 0.2) is 0 Å². The van der Waals surface area contributed by atoms with Crippen LogP contribution in [0.25, 0.3) is 0 Å². The van der Waals surface area contributed by atoms with E-state index < -0.39 is 0 Å². The fourth-order valence-corrected chi connectivity index (χ4v) is 1.73. The molecule has 0 bridgehead atoms. The summed E-state index contributed by atoms with van der Waals surface area (Å²) in [6.45, 7) is 2.31. The number of hydrogen-bond donors (Lipinski definition) is 2. The van der Waals surface area contributed by atoms with Crippen molar-refractivity contribution in [2.75, 3.05) is 20.1 Å². The van der Waals surface area contributed by atoms with Crippen molar-refractivity contribution < 1.29 is 0 Å². The van der Waals surface area contributed by atoms with E-state index in [0.29, 0.717) is 0 Å². The van der Waals surface area contributed by atoms with E-state index in [4.69, 9.17) is 0 Å². The molecule has 2 heteroatoms. The van der Waals surface area contributed by atoms with Crippen LogP contribution in [0.15, 0.2) is 12.2 Å². The summed E-state index contributed by atoms with van der Waals surface area (Å²) in [4.78, 5) is 0. The molecule has 1 aliphatic rings. The molecule has 2 N–H and O–H groups in total. The van der Waals surface area contributed by atoms with Crippen molar-refractivity contribution in [1.29, 1.82) is 0 Å². The number of hydrogen-bond acceptors (Lipinski definition) is 2. The highest BCUT2D eigenvalue weighted by Gasteiger charge is 2.09. The molecule has 0 saturated carbocycles. The molecule has 2 nitrogen and oxygen atoms in total. The smallest absolute Gasteiger partial charge is 0.0102 e. The second-order valence-electron chi connectivity index (χ2n) is 3.75. The lowest BCUT2D eigenvalue weighted by Crippen LogP contribution is -2.33. The van der Waals surface area contributed by atoms with Crippen LogP contribution in [0.2, 0.25) is 0 Å². The highest BCUT2D eigenvalue weighted by molar-refractivity contribution is 4.87. The van der Waals surface area contributed by atoms with Gasteiger partial charge in [-0.2, -0.15) is 0 Å². The van der Waals surface area contributed by atoms with Gasteiger partial charge in [-0.3, -0.25) is 0 Å². The Hall–Kier alpha value is -0.340. The van der Waals surface area contributed by atoms with Crippen LogP contribution in [0.5, 0.6) is 0 Å². The first kappa shape index (κ1) is 10.7. The molecule has 1 heterocycles. The number of piperidine rings is 1. The minimum Gasteiger partial charge on any atom is -0.319 e. The van der Waals surface area contributed by atoms with Crippen LogP contribution in [-0.2, 0) is 0 Å². The molecule has 13 heavy (non-hydrogen) atoms. The third kappa shape index (κ3) is 5.06. The Balaban J connectivity index is 2.00. The fraction of sp³-hybridized carbons (Fsp3) is 0.818. The van der Waals surface area contributed by atoms with Crippen LogP contribution in [0, 0.1) is 0 Å². The summed E-state index contributed by atoms with van der Waals surface area (Å²) in [7, 11) is 2.00. The van der Waals surface area contributed by atoms with Gasteiger partial charge in [-0.05, 0) is 45.8 Å². The molecular weight excluding hydrogens is 160 g/mol. The Morgan fingerprint density at radius 3 is 3.00 bits per heavy atom. The van der Waals surface area contributed by atoms with Gasteiger partial charge in [-0.25, -0.2) is 0 Å². The van der Waals surface area contributed by atoms with Crippen LogP contribution >= 0.6 is 0 Å². The average Bonchev–Trinajstić information content (AvgIpc) is 2.19. The first-order valence-corrected chi connectivity index (χ1v) is 5.46. The zero-order valence-electron chi connectivity index (χ0n) is 8.68. The van der Waals surface area contributed by atoms with Crippen molar-refractivity contribution in [3.63, 3.8) is 0 Å². The molecule has 0 amide bonds. The monoisotopic (exact) mass is 182 g/mol. The first-order valence-electron chi connectivity index (χ1n) is 5.46. The van der Waals surface area contributed by atoms with Gasteiger partial charge in [0.25, 0.3) is 0 Å². The average molecular weight is 182 g/mol. The predicted octanol–water partition coefficient (Wildman–Crippen LogP) is 1.68. The Morgan fingerprint density at radius 2 is 2.31 bits per heavy atom. The van der Waals surface area contributed by atoms with Crippen molar-refractivity contribution in [2.45, 2.75) is 38.1 Å². The van der Waals surface area contributed by atoms with E-state index in [-0.39, 0.29) is 0 Å². The Morgan fingerprint density at radius 1 is 1.38 bits per heavy atom. The maximum Gasteiger partial charge on any atom is 0.0102 e. The molecule has 0 spiro atoms. The topological polar surface area (TPSA) is 24.1 Å². The van der Waals surface area contributed by atoms with Crippen LogP contribution in [0.1, 0.15) is 32.1 Å². The third-order valence-corrected chi connectivity index (χ3v) is 2.56. The first-order chi connectivity index (χ1) is 6.43. The maximum absolute atomic E-state index is 3.54. The molecular formula is C11H22N2. The summed E-state index contributed by atoms with van der Waals surface area (Å²) in [6, 6.07) is 0.750. The third-order valence-electron chi connectivity index (χ3n) is 2.56. The summed E-state index contributed by atoms with van der Waals surface area (Å²) >= 11 is 0. The standard InChI is InChI=1S/C11H22N2/c1-12-9-5-2-3-7-11-8-4-6-10-13-11/h2-3,11-13H,4-10H2,1H3/b3-2-. The van der Waals surface area contributed by atoms with Crippen LogP contribution < -0.4 is 10.6 Å². The molecule has 0 aromatic rings. The molecule has 76 valence electrons. The number of rotatable bonds is 5. The van der Waals surface area contributed by atoms with Crippen LogP contribution in [0.3, 0.4) is 0 Å². The van der Waals surface area contributed by atoms with Gasteiger partial charge in [0.1, 0.15) is 0 Å². The van der Waals surface area contributed by atoms with E-state index in [1.807, 2.05) is 7.05 Å². The van der Waals surface area contributed by atoms with Gasteiger partial charge in [-0.15, -0.1) is 0 Å². The van der Waals surface area contributed by atoms with Crippen molar-refractivity contribution in [3.05, 3.63) is 12.2 Å². The van der Waals surface area contributed by atoms with E-state index in [0.717, 1.165) is 19.0 Å². The summed E-state index contributed by atoms with van der Waals surface area (Å²) in [5.41, 5.74) is 0. The lowest BCUT2D eigenvalue weighted by atomic mass is 10.0. The quantitative estimate of drug-likeness (QED) is 0.499. The second kappa shape index (κ2) is 7.10. The van der Waals surface area contributed by atoms with Gasteiger partial charge in [0, 0.05) is 6.04 Å². The fourth-order valence-electron chi connectivity index (χ4n) is 1.73. The zero-order valence-corrected chi connectivity index (χ0v) is 8.68. The molecule has 1 rings (SSSR count). The van der Waals surface area contributed by atoms with Crippen molar-refractivity contribution in [2.24, 2.45) is 0 Å². The summed E-state index contributed by atoms with van der Waals surface area (Å²) in [5, 5.41) is 6.68. The van der Waals surface area contributed by atoms with E-state index >= 15 is 0 Å². The SMILES string of the molecule is CNCC/C=C\CC1CCCCN1. The lowest BCUT2D eigenvalue weighted by Gasteiger charge is -2.21. The summed E-state index contributed by atoms with van der Waals surface area (Å²) in [5.74, 6) is 0. The molecule has 1 unspecified atom stereocenters. The largest absolute Gasteiger partial charge is 0.319 e. The minimum absolute atomic E-state index is 0.750. The highest BCUT2D eigenvalue weighted by Crippen LogP contribution is 2.10. The van der Waals surface area contributed by atoms with Crippen molar-refractivity contribution in [3.8, 4) is 0 Å². The molecule has 0 aromatic heterocycles. The summed E-state index contributed by atoms with van der Waals surface area (Å²) < 4.78 is 0. The molecule has 0 aliphatic carbocycles. The minimum atomic E-state index is 0.750. The number of nitrogens with one attached hydrogen (secondary N) is 2. The zero-order chi connectivity index (χ0) is 9.36. The maximum atomic E-state index is 3.54. The van der Waals surface area contributed by atoms with Gasteiger partial charge >= 0.3 is 0 Å². The van der Waals surface area contributed by atoms with Gasteiger partial charge < -0.3 is 10.6 Å². The van der Waals surface area contributed by atoms with Gasteiger partial charge in [-0.1, -0.05) is 18.6 Å². The second-order valence-corrected chi connectivity index (χ2v) is 3.75. The van der Waals surface area contributed by atoms with Crippen LogP contribution in [0.4, 0.5) is 0 Å². The summed E-state index contributed by atoms with van der Waals surface area (Å²) in [6.07, 6.45) is 11.1. The van der Waals surface area contributed by atoms with E-state index in [1.165, 1.54) is 32.2 Å². The molecule has 0 radical (unpaired) electrons. The molecule has 1 atom stereocenters. The van der Waals surface area contributed by atoms with Crippen LogP contribution in [-0.4, -0.2) is 26.2 Å². The van der Waals surface area contributed by atoms with Crippen molar-refractivity contribution in [1.82, 2.24) is 10.6 Å². The molecule has 1 aliphatic heterocycles.